The lowest BCUT2D eigenvalue weighted by Crippen LogP contribution is -2.30. The summed E-state index contributed by atoms with van der Waals surface area (Å²) in [6.45, 7) is 5.11. The fraction of sp³-hybridized carbons (Fsp3) is 0.704. The second kappa shape index (κ2) is 19.6. The second-order valence-electron chi connectivity index (χ2n) is 8.78. The zero-order valence-corrected chi connectivity index (χ0v) is 20.6. The number of benzene rings is 1. The van der Waals surface area contributed by atoms with Gasteiger partial charge in [-0.05, 0) is 30.7 Å². The molecule has 3 N–H and O–H groups in total. The summed E-state index contributed by atoms with van der Waals surface area (Å²) < 4.78 is 0. The van der Waals surface area contributed by atoms with E-state index in [1.54, 1.807) is 0 Å². The molecule has 0 aliphatic heterocycles. The van der Waals surface area contributed by atoms with E-state index in [-0.39, 0.29) is 18.4 Å². The number of hydrogen-bond donors (Lipinski definition) is 3. The van der Waals surface area contributed by atoms with Crippen molar-refractivity contribution in [3.05, 3.63) is 24.3 Å². The zero-order chi connectivity index (χ0) is 23.3. The van der Waals surface area contributed by atoms with Crippen LogP contribution in [-0.2, 0) is 9.59 Å². The molecule has 0 atom stereocenters. The van der Waals surface area contributed by atoms with E-state index in [9.17, 15) is 9.59 Å². The van der Waals surface area contributed by atoms with Crippen molar-refractivity contribution in [3.63, 3.8) is 0 Å². The molecule has 0 aliphatic rings. The molecule has 0 heterocycles. The topological polar surface area (TPSA) is 70.2 Å². The summed E-state index contributed by atoms with van der Waals surface area (Å²) in [7, 11) is 0. The van der Waals surface area contributed by atoms with Crippen LogP contribution in [0.5, 0.6) is 0 Å². The Balaban J connectivity index is 1.90. The van der Waals surface area contributed by atoms with E-state index < -0.39 is 0 Å². The van der Waals surface area contributed by atoms with Crippen molar-refractivity contribution >= 4 is 23.2 Å². The van der Waals surface area contributed by atoms with Gasteiger partial charge in [-0.1, -0.05) is 97.3 Å². The van der Waals surface area contributed by atoms with Crippen molar-refractivity contribution in [2.24, 2.45) is 0 Å². The molecule has 32 heavy (non-hydrogen) atoms. The van der Waals surface area contributed by atoms with Crippen LogP contribution in [0, 0.1) is 0 Å². The first kappa shape index (κ1) is 28.0. The van der Waals surface area contributed by atoms with Crippen molar-refractivity contribution in [1.29, 1.82) is 0 Å². The molecule has 1 aromatic carbocycles. The molecule has 5 nitrogen and oxygen atoms in total. The summed E-state index contributed by atoms with van der Waals surface area (Å²) in [5.41, 5.74) is 1.63. The molecular formula is C27H47N3O2. The fourth-order valence-corrected chi connectivity index (χ4v) is 3.71. The van der Waals surface area contributed by atoms with Crippen molar-refractivity contribution in [2.75, 3.05) is 23.7 Å². The zero-order valence-electron chi connectivity index (χ0n) is 20.6. The fourth-order valence-electron chi connectivity index (χ4n) is 3.71. The van der Waals surface area contributed by atoms with Crippen molar-refractivity contribution < 1.29 is 9.59 Å². The van der Waals surface area contributed by atoms with Crippen molar-refractivity contribution in [2.45, 2.75) is 110 Å². The average molecular weight is 446 g/mol. The van der Waals surface area contributed by atoms with Gasteiger partial charge in [0.1, 0.15) is 0 Å². The molecule has 5 heteroatoms. The van der Waals surface area contributed by atoms with Crippen LogP contribution in [0.3, 0.4) is 0 Å². The number of rotatable bonds is 20. The number of carbonyl (C=O) groups excluding carboxylic acids is 2. The highest BCUT2D eigenvalue weighted by Crippen LogP contribution is 2.14. The summed E-state index contributed by atoms with van der Waals surface area (Å²) in [5, 5.41) is 8.91. The Hall–Kier alpha value is -2.04. The Bertz CT molecular complexity index is 601. The first-order valence-electron chi connectivity index (χ1n) is 13.1. The predicted octanol–water partition coefficient (Wildman–Crippen LogP) is 7.04. The lowest BCUT2D eigenvalue weighted by Gasteiger charge is -2.09. The molecule has 0 unspecified atom stereocenters. The lowest BCUT2D eigenvalue weighted by molar-refractivity contribution is -0.119. The highest BCUT2D eigenvalue weighted by Gasteiger charge is 2.02. The number of carbonyl (C=O) groups is 2. The average Bonchev–Trinajstić information content (AvgIpc) is 2.81. The van der Waals surface area contributed by atoms with Gasteiger partial charge < -0.3 is 16.0 Å². The van der Waals surface area contributed by atoms with Gasteiger partial charge in [-0.25, -0.2) is 0 Å². The molecule has 0 saturated carbocycles. The quantitative estimate of drug-likeness (QED) is 0.188. The van der Waals surface area contributed by atoms with E-state index in [2.05, 4.69) is 22.9 Å². The molecule has 0 bridgehead atoms. The number of hydrogen-bond acceptors (Lipinski definition) is 3. The maximum atomic E-state index is 12.0. The van der Waals surface area contributed by atoms with Gasteiger partial charge in [0.25, 0.3) is 0 Å². The van der Waals surface area contributed by atoms with E-state index in [4.69, 9.17) is 0 Å². The van der Waals surface area contributed by atoms with Crippen LogP contribution in [0.25, 0.3) is 0 Å². The first-order chi connectivity index (χ1) is 15.7. The number of nitrogens with one attached hydrogen (secondary N) is 3. The number of anilines is 2. The summed E-state index contributed by atoms with van der Waals surface area (Å²) in [6.07, 6.45) is 19.2. The third-order valence-electron chi connectivity index (χ3n) is 5.80. The number of unbranched alkanes of at least 4 members (excludes halogenated alkanes) is 13. The Labute approximate surface area is 196 Å². The van der Waals surface area contributed by atoms with E-state index in [0.717, 1.165) is 24.3 Å². The largest absolute Gasteiger partial charge is 0.376 e. The van der Waals surface area contributed by atoms with Gasteiger partial charge in [-0.3, -0.25) is 9.59 Å². The monoisotopic (exact) mass is 445 g/mol. The molecule has 182 valence electrons. The Morgan fingerprint density at radius 2 is 1.09 bits per heavy atom. The van der Waals surface area contributed by atoms with Crippen molar-refractivity contribution in [3.8, 4) is 0 Å². The molecule has 1 rings (SSSR count). The van der Waals surface area contributed by atoms with Crippen LogP contribution in [0.1, 0.15) is 110 Å². The molecule has 0 radical (unpaired) electrons. The molecule has 0 aliphatic carbocycles. The molecule has 0 saturated heterocycles. The predicted molar refractivity (Wildman–Crippen MR) is 137 cm³/mol. The third-order valence-corrected chi connectivity index (χ3v) is 5.80. The third kappa shape index (κ3) is 15.7. The van der Waals surface area contributed by atoms with Gasteiger partial charge in [-0.15, -0.1) is 0 Å². The van der Waals surface area contributed by atoms with Gasteiger partial charge in [0.2, 0.25) is 11.8 Å². The van der Waals surface area contributed by atoms with E-state index in [1.807, 2.05) is 31.2 Å². The summed E-state index contributed by atoms with van der Waals surface area (Å²) in [4.78, 5) is 23.4. The van der Waals surface area contributed by atoms with Gasteiger partial charge in [-0.2, -0.15) is 0 Å². The van der Waals surface area contributed by atoms with E-state index in [0.29, 0.717) is 6.42 Å². The molecule has 0 fully saturated rings. The van der Waals surface area contributed by atoms with Crippen LogP contribution in [0.15, 0.2) is 24.3 Å². The van der Waals surface area contributed by atoms with Gasteiger partial charge >= 0.3 is 0 Å². The second-order valence-corrected chi connectivity index (χ2v) is 8.78. The maximum absolute atomic E-state index is 12.0. The summed E-state index contributed by atoms with van der Waals surface area (Å²) >= 11 is 0. The Kier molecular flexibility index (Phi) is 17.2. The van der Waals surface area contributed by atoms with Crippen LogP contribution < -0.4 is 16.0 Å². The van der Waals surface area contributed by atoms with Crippen LogP contribution in [0.2, 0.25) is 0 Å². The minimum Gasteiger partial charge on any atom is -0.376 e. The maximum Gasteiger partial charge on any atom is 0.239 e. The standard InChI is InChI=1S/C27H47N3O2/c1-3-5-6-7-8-9-10-11-12-13-14-15-16-17-22-28-27(32)23-29-24-18-20-25(21-19-24)30-26(31)4-2/h18-21,29H,3-17,22-23H2,1-2H3,(H,28,32)(H,30,31). The molecule has 2 amide bonds. The lowest BCUT2D eigenvalue weighted by atomic mass is 10.0. The SMILES string of the molecule is CCCCCCCCCCCCCCCCNC(=O)CNc1ccc(NC(=O)CC)cc1. The molecule has 0 spiro atoms. The highest BCUT2D eigenvalue weighted by atomic mass is 16.2. The van der Waals surface area contributed by atoms with Crippen molar-refractivity contribution in [1.82, 2.24) is 5.32 Å². The van der Waals surface area contributed by atoms with E-state index in [1.165, 1.54) is 83.5 Å². The minimum absolute atomic E-state index is 0.00594. The van der Waals surface area contributed by atoms with Crippen LogP contribution in [-0.4, -0.2) is 24.9 Å². The molecular weight excluding hydrogens is 398 g/mol. The first-order valence-corrected chi connectivity index (χ1v) is 13.1. The van der Waals surface area contributed by atoms with Crippen LogP contribution >= 0.6 is 0 Å². The summed E-state index contributed by atoms with van der Waals surface area (Å²) in [6, 6.07) is 7.41. The summed E-state index contributed by atoms with van der Waals surface area (Å²) in [5.74, 6) is 0.0108. The minimum atomic E-state index is -0.00594. The van der Waals surface area contributed by atoms with Crippen LogP contribution in [0.4, 0.5) is 11.4 Å². The molecule has 1 aromatic rings. The highest BCUT2D eigenvalue weighted by molar-refractivity contribution is 5.90. The van der Waals surface area contributed by atoms with E-state index >= 15 is 0 Å². The van der Waals surface area contributed by atoms with Gasteiger partial charge in [0, 0.05) is 24.3 Å². The number of amides is 2. The van der Waals surface area contributed by atoms with Gasteiger partial charge in [0.05, 0.1) is 6.54 Å². The van der Waals surface area contributed by atoms with Gasteiger partial charge in [0.15, 0.2) is 0 Å². The Morgan fingerprint density at radius 1 is 0.625 bits per heavy atom. The Morgan fingerprint density at radius 3 is 1.59 bits per heavy atom. The molecule has 0 aromatic heterocycles. The normalized spacial score (nSPS) is 10.7. The smallest absolute Gasteiger partial charge is 0.239 e.